The number of carbonyl (C=O) groups excluding carboxylic acids is 1. The Kier molecular flexibility index (Phi) is 7.02. The van der Waals surface area contributed by atoms with E-state index in [0.717, 1.165) is 23.4 Å². The predicted molar refractivity (Wildman–Crippen MR) is 103 cm³/mol. The van der Waals surface area contributed by atoms with Crippen molar-refractivity contribution in [1.29, 1.82) is 0 Å². The van der Waals surface area contributed by atoms with E-state index in [1.807, 2.05) is 74.3 Å². The number of benzene rings is 2. The van der Waals surface area contributed by atoms with E-state index in [1.165, 1.54) is 5.56 Å². The molecule has 1 amide bonds. The maximum Gasteiger partial charge on any atom is 0.241 e. The van der Waals surface area contributed by atoms with E-state index in [9.17, 15) is 4.79 Å². The lowest BCUT2D eigenvalue weighted by Crippen LogP contribution is -2.39. The zero-order valence-corrected chi connectivity index (χ0v) is 15.6. The number of carbonyl (C=O) groups is 1. The molecule has 4 heteroatoms. The van der Waals surface area contributed by atoms with Crippen molar-refractivity contribution in [3.05, 3.63) is 59.7 Å². The summed E-state index contributed by atoms with van der Waals surface area (Å²) >= 11 is 0. The summed E-state index contributed by atoms with van der Waals surface area (Å²) in [5.41, 5.74) is 3.25. The van der Waals surface area contributed by atoms with Gasteiger partial charge in [-0.25, -0.2) is 0 Å². The van der Waals surface area contributed by atoms with Crippen molar-refractivity contribution in [2.75, 3.05) is 19.0 Å². The average Bonchev–Trinajstić information content (AvgIpc) is 2.63. The van der Waals surface area contributed by atoms with Gasteiger partial charge in [-0.1, -0.05) is 31.2 Å². The Labute approximate surface area is 150 Å². The summed E-state index contributed by atoms with van der Waals surface area (Å²) in [6, 6.07) is 15.8. The highest BCUT2D eigenvalue weighted by atomic mass is 16.5. The van der Waals surface area contributed by atoms with E-state index in [4.69, 9.17) is 4.74 Å². The summed E-state index contributed by atoms with van der Waals surface area (Å²) < 4.78 is 5.46. The van der Waals surface area contributed by atoms with E-state index in [1.54, 1.807) is 0 Å². The second-order valence-electron chi connectivity index (χ2n) is 6.21. The molecule has 4 nitrogen and oxygen atoms in total. The van der Waals surface area contributed by atoms with Crippen LogP contribution >= 0.6 is 0 Å². The molecular formula is C21H28N2O2. The topological polar surface area (TPSA) is 41.6 Å². The van der Waals surface area contributed by atoms with Crippen LogP contribution in [0.1, 0.15) is 31.9 Å². The molecule has 0 saturated carbocycles. The third-order valence-corrected chi connectivity index (χ3v) is 4.34. The Bertz CT molecular complexity index is 665. The Morgan fingerprint density at radius 2 is 1.64 bits per heavy atom. The zero-order chi connectivity index (χ0) is 18.2. The van der Waals surface area contributed by atoms with Crippen LogP contribution in [0.3, 0.4) is 0 Å². The molecule has 0 saturated heterocycles. The fraction of sp³-hybridized carbons (Fsp3) is 0.381. The fourth-order valence-electron chi connectivity index (χ4n) is 2.55. The van der Waals surface area contributed by atoms with Gasteiger partial charge >= 0.3 is 0 Å². The van der Waals surface area contributed by atoms with Gasteiger partial charge in [-0.05, 0) is 62.7 Å². The summed E-state index contributed by atoms with van der Waals surface area (Å²) in [6.45, 7) is 7.37. The third-order valence-electron chi connectivity index (χ3n) is 4.34. The van der Waals surface area contributed by atoms with Crippen molar-refractivity contribution in [3.8, 4) is 5.75 Å². The summed E-state index contributed by atoms with van der Waals surface area (Å²) in [6.07, 6.45) is 0.995. The lowest BCUT2D eigenvalue weighted by molar-refractivity contribution is -0.120. The molecule has 2 aromatic rings. The normalized spacial score (nSPS) is 12.0. The van der Waals surface area contributed by atoms with Crippen LogP contribution in [0.2, 0.25) is 0 Å². The van der Waals surface area contributed by atoms with E-state index >= 15 is 0 Å². The number of rotatable bonds is 8. The van der Waals surface area contributed by atoms with Crippen molar-refractivity contribution < 1.29 is 9.53 Å². The molecule has 0 fully saturated rings. The lowest BCUT2D eigenvalue weighted by atomic mass is 10.1. The number of aryl methyl sites for hydroxylation is 1. The Balaban J connectivity index is 1.91. The standard InChI is InChI=1S/C21H28N2O2/c1-5-17-7-11-19(12-8-17)22-21(24)16(3)23(4)15-18-9-13-20(14-10-18)25-6-2/h7-14,16H,5-6,15H2,1-4H3,(H,22,24)/t16-/m1/s1. The molecule has 0 aliphatic carbocycles. The highest BCUT2D eigenvalue weighted by Gasteiger charge is 2.18. The SMILES string of the molecule is CCOc1ccc(CN(C)[C@H](C)C(=O)Nc2ccc(CC)cc2)cc1. The summed E-state index contributed by atoms with van der Waals surface area (Å²) in [7, 11) is 1.96. The monoisotopic (exact) mass is 340 g/mol. The van der Waals surface area contributed by atoms with Gasteiger partial charge in [-0.2, -0.15) is 0 Å². The maximum absolute atomic E-state index is 12.5. The van der Waals surface area contributed by atoms with Crippen molar-refractivity contribution in [2.45, 2.75) is 39.8 Å². The second-order valence-corrected chi connectivity index (χ2v) is 6.21. The quantitative estimate of drug-likeness (QED) is 0.786. The molecule has 0 unspecified atom stereocenters. The third kappa shape index (κ3) is 5.61. The van der Waals surface area contributed by atoms with Gasteiger partial charge in [-0.3, -0.25) is 9.69 Å². The van der Waals surface area contributed by atoms with Crippen LogP contribution in [0.5, 0.6) is 5.75 Å². The highest BCUT2D eigenvalue weighted by Crippen LogP contribution is 2.15. The molecule has 0 heterocycles. The van der Waals surface area contributed by atoms with Gasteiger partial charge in [-0.15, -0.1) is 0 Å². The number of anilines is 1. The number of nitrogens with one attached hydrogen (secondary N) is 1. The Hall–Kier alpha value is -2.33. The molecule has 1 N–H and O–H groups in total. The van der Waals surface area contributed by atoms with Gasteiger partial charge < -0.3 is 10.1 Å². The first-order valence-electron chi connectivity index (χ1n) is 8.85. The average molecular weight is 340 g/mol. The van der Waals surface area contributed by atoms with Crippen LogP contribution in [0.15, 0.2) is 48.5 Å². The van der Waals surface area contributed by atoms with Gasteiger partial charge in [0.2, 0.25) is 5.91 Å². The number of ether oxygens (including phenoxy) is 1. The molecule has 1 atom stereocenters. The van der Waals surface area contributed by atoms with Crippen molar-refractivity contribution in [3.63, 3.8) is 0 Å². The molecule has 25 heavy (non-hydrogen) atoms. The fourth-order valence-corrected chi connectivity index (χ4v) is 2.55. The summed E-state index contributed by atoms with van der Waals surface area (Å²) in [5.74, 6) is 0.868. The van der Waals surface area contributed by atoms with Crippen LogP contribution < -0.4 is 10.1 Å². The Morgan fingerprint density at radius 1 is 1.04 bits per heavy atom. The number of likely N-dealkylation sites (N-methyl/N-ethyl adjacent to an activating group) is 1. The van der Waals surface area contributed by atoms with E-state index in [2.05, 4.69) is 12.2 Å². The number of hydrogen-bond donors (Lipinski definition) is 1. The molecule has 0 aromatic heterocycles. The molecule has 2 rings (SSSR count). The largest absolute Gasteiger partial charge is 0.494 e. The van der Waals surface area contributed by atoms with Gasteiger partial charge in [0.25, 0.3) is 0 Å². The molecule has 134 valence electrons. The van der Waals surface area contributed by atoms with Crippen molar-refractivity contribution >= 4 is 11.6 Å². The van der Waals surface area contributed by atoms with Gasteiger partial charge in [0.1, 0.15) is 5.75 Å². The minimum atomic E-state index is -0.225. The van der Waals surface area contributed by atoms with Gasteiger partial charge in [0.15, 0.2) is 0 Å². The molecule has 2 aromatic carbocycles. The van der Waals surface area contributed by atoms with Gasteiger partial charge in [0.05, 0.1) is 12.6 Å². The smallest absolute Gasteiger partial charge is 0.241 e. The maximum atomic E-state index is 12.5. The minimum Gasteiger partial charge on any atom is -0.494 e. The van der Waals surface area contributed by atoms with Crippen LogP contribution in [0.4, 0.5) is 5.69 Å². The van der Waals surface area contributed by atoms with Crippen LogP contribution in [-0.4, -0.2) is 30.5 Å². The first-order chi connectivity index (χ1) is 12.0. The molecule has 0 aliphatic heterocycles. The number of hydrogen-bond acceptors (Lipinski definition) is 3. The number of nitrogens with zero attached hydrogens (tertiary/aromatic N) is 1. The van der Waals surface area contributed by atoms with Crippen molar-refractivity contribution in [2.24, 2.45) is 0 Å². The van der Waals surface area contributed by atoms with Crippen LogP contribution in [-0.2, 0) is 17.8 Å². The second kappa shape index (κ2) is 9.23. The molecule has 0 aliphatic rings. The lowest BCUT2D eigenvalue weighted by Gasteiger charge is -2.24. The molecular weight excluding hydrogens is 312 g/mol. The first-order valence-corrected chi connectivity index (χ1v) is 8.85. The van der Waals surface area contributed by atoms with Crippen molar-refractivity contribution in [1.82, 2.24) is 4.90 Å². The molecule has 0 radical (unpaired) electrons. The molecule has 0 spiro atoms. The van der Waals surface area contributed by atoms with E-state index < -0.39 is 0 Å². The zero-order valence-electron chi connectivity index (χ0n) is 15.6. The van der Waals surface area contributed by atoms with E-state index in [-0.39, 0.29) is 11.9 Å². The minimum absolute atomic E-state index is 0.00214. The predicted octanol–water partition coefficient (Wildman–Crippen LogP) is 4.11. The first kappa shape index (κ1) is 19.0. The molecule has 0 bridgehead atoms. The summed E-state index contributed by atoms with van der Waals surface area (Å²) in [4.78, 5) is 14.5. The van der Waals surface area contributed by atoms with Crippen LogP contribution in [0, 0.1) is 0 Å². The Morgan fingerprint density at radius 3 is 2.20 bits per heavy atom. The number of amides is 1. The summed E-state index contributed by atoms with van der Waals surface area (Å²) in [5, 5.41) is 2.98. The van der Waals surface area contributed by atoms with E-state index in [0.29, 0.717) is 13.2 Å². The highest BCUT2D eigenvalue weighted by molar-refractivity contribution is 5.94. The van der Waals surface area contributed by atoms with Crippen LogP contribution in [0.25, 0.3) is 0 Å². The van der Waals surface area contributed by atoms with Gasteiger partial charge in [0, 0.05) is 12.2 Å².